The van der Waals surface area contributed by atoms with Gasteiger partial charge in [-0.05, 0) is 13.8 Å². The standard InChI is InChI=1S/C6H7F3O2.C4H8/c7-6(8,9)5(1-2-11-5)4-3-10-4;1-4(2)3/h4H,1-3H2;1H2,2-3H3. The van der Waals surface area contributed by atoms with Gasteiger partial charge in [0.15, 0.2) is 5.60 Å². The van der Waals surface area contributed by atoms with Crippen LogP contribution >= 0.6 is 0 Å². The van der Waals surface area contributed by atoms with Crippen molar-refractivity contribution in [2.24, 2.45) is 0 Å². The first-order valence-electron chi connectivity index (χ1n) is 4.74. The lowest BCUT2D eigenvalue weighted by molar-refractivity contribution is -0.331. The van der Waals surface area contributed by atoms with Gasteiger partial charge >= 0.3 is 6.18 Å². The molecular formula is C10H15F3O2. The topological polar surface area (TPSA) is 21.8 Å². The van der Waals surface area contributed by atoms with Gasteiger partial charge in [0.25, 0.3) is 0 Å². The molecule has 2 fully saturated rings. The van der Waals surface area contributed by atoms with Crippen molar-refractivity contribution in [2.75, 3.05) is 13.2 Å². The minimum atomic E-state index is -4.27. The van der Waals surface area contributed by atoms with Crippen molar-refractivity contribution in [3.05, 3.63) is 12.2 Å². The lowest BCUT2D eigenvalue weighted by atomic mass is 9.90. The third-order valence-corrected chi connectivity index (χ3v) is 2.17. The summed E-state index contributed by atoms with van der Waals surface area (Å²) in [6.45, 7) is 7.87. The Morgan fingerprint density at radius 1 is 1.40 bits per heavy atom. The average Bonchev–Trinajstić information content (AvgIpc) is 2.61. The molecule has 2 rings (SSSR count). The van der Waals surface area contributed by atoms with Crippen molar-refractivity contribution in [3.63, 3.8) is 0 Å². The number of rotatable bonds is 1. The molecule has 2 aliphatic rings. The maximum Gasteiger partial charge on any atom is 0.420 e. The number of ether oxygens (including phenoxy) is 2. The Bertz CT molecular complexity index is 236. The molecule has 88 valence electrons. The summed E-state index contributed by atoms with van der Waals surface area (Å²) >= 11 is 0. The SMILES string of the molecule is C=C(C)C.FC(F)(F)C1(C2CO2)CCO1. The Morgan fingerprint density at radius 3 is 1.87 bits per heavy atom. The van der Waals surface area contributed by atoms with Gasteiger partial charge in [-0.15, -0.1) is 6.58 Å². The van der Waals surface area contributed by atoms with Crippen LogP contribution < -0.4 is 0 Å². The fourth-order valence-electron chi connectivity index (χ4n) is 1.30. The smallest absolute Gasteiger partial charge is 0.370 e. The van der Waals surface area contributed by atoms with E-state index < -0.39 is 17.9 Å². The fraction of sp³-hybridized carbons (Fsp3) is 0.800. The molecule has 0 saturated carbocycles. The molecule has 0 radical (unpaired) electrons. The fourth-order valence-corrected chi connectivity index (χ4v) is 1.30. The first-order chi connectivity index (χ1) is 6.79. The zero-order valence-corrected chi connectivity index (χ0v) is 8.86. The quantitative estimate of drug-likeness (QED) is 0.504. The predicted molar refractivity (Wildman–Crippen MR) is 49.6 cm³/mol. The maximum absolute atomic E-state index is 12.2. The van der Waals surface area contributed by atoms with Crippen LogP contribution in [0, 0.1) is 0 Å². The van der Waals surface area contributed by atoms with Crippen LogP contribution in [0.15, 0.2) is 12.2 Å². The van der Waals surface area contributed by atoms with Gasteiger partial charge in [0, 0.05) is 6.42 Å². The van der Waals surface area contributed by atoms with Gasteiger partial charge in [-0.25, -0.2) is 0 Å². The number of allylic oxidation sites excluding steroid dienone is 1. The van der Waals surface area contributed by atoms with E-state index in [1.165, 1.54) is 5.57 Å². The second kappa shape index (κ2) is 4.14. The van der Waals surface area contributed by atoms with E-state index in [4.69, 9.17) is 0 Å². The van der Waals surface area contributed by atoms with E-state index in [9.17, 15) is 13.2 Å². The van der Waals surface area contributed by atoms with E-state index in [1.807, 2.05) is 13.8 Å². The summed E-state index contributed by atoms with van der Waals surface area (Å²) in [5, 5.41) is 0. The van der Waals surface area contributed by atoms with Crippen molar-refractivity contribution in [1.29, 1.82) is 0 Å². The zero-order valence-electron chi connectivity index (χ0n) is 8.86. The van der Waals surface area contributed by atoms with Crippen LogP contribution in [-0.2, 0) is 9.47 Å². The van der Waals surface area contributed by atoms with Crippen molar-refractivity contribution >= 4 is 0 Å². The molecule has 0 aliphatic carbocycles. The first kappa shape index (κ1) is 12.5. The summed E-state index contributed by atoms with van der Waals surface area (Å²) in [5.74, 6) is 0. The molecule has 2 unspecified atom stereocenters. The summed E-state index contributed by atoms with van der Waals surface area (Å²) in [5.41, 5.74) is -0.785. The molecule has 2 saturated heterocycles. The Hall–Kier alpha value is -0.550. The molecule has 0 spiro atoms. The van der Waals surface area contributed by atoms with Gasteiger partial charge < -0.3 is 9.47 Å². The van der Waals surface area contributed by atoms with Crippen LogP contribution in [0.1, 0.15) is 20.3 Å². The maximum atomic E-state index is 12.2. The van der Waals surface area contributed by atoms with Gasteiger partial charge in [-0.1, -0.05) is 5.57 Å². The molecule has 2 heterocycles. The van der Waals surface area contributed by atoms with E-state index >= 15 is 0 Å². The highest BCUT2D eigenvalue weighted by atomic mass is 19.4. The number of alkyl halides is 3. The molecule has 0 N–H and O–H groups in total. The summed E-state index contributed by atoms with van der Waals surface area (Å²) in [4.78, 5) is 0. The molecule has 2 aliphatic heterocycles. The summed E-state index contributed by atoms with van der Waals surface area (Å²) in [6.07, 6.45) is -4.97. The summed E-state index contributed by atoms with van der Waals surface area (Å²) in [7, 11) is 0. The highest BCUT2D eigenvalue weighted by molar-refractivity contribution is 5.05. The first-order valence-corrected chi connectivity index (χ1v) is 4.74. The van der Waals surface area contributed by atoms with Crippen molar-refractivity contribution < 1.29 is 22.6 Å². The number of hydrogen-bond acceptors (Lipinski definition) is 2. The molecule has 5 heteroatoms. The summed E-state index contributed by atoms with van der Waals surface area (Å²) < 4.78 is 45.9. The van der Waals surface area contributed by atoms with Gasteiger partial charge in [0.2, 0.25) is 0 Å². The van der Waals surface area contributed by atoms with Crippen molar-refractivity contribution in [3.8, 4) is 0 Å². The monoisotopic (exact) mass is 224 g/mol. The number of epoxide rings is 1. The third-order valence-electron chi connectivity index (χ3n) is 2.17. The van der Waals surface area contributed by atoms with Crippen LogP contribution in [0.3, 0.4) is 0 Å². The van der Waals surface area contributed by atoms with Crippen LogP contribution in [0.2, 0.25) is 0 Å². The van der Waals surface area contributed by atoms with E-state index in [1.54, 1.807) is 0 Å². The second-order valence-electron chi connectivity index (χ2n) is 4.01. The zero-order chi connectivity index (χ0) is 11.7. The van der Waals surface area contributed by atoms with Crippen LogP contribution in [0.4, 0.5) is 13.2 Å². The van der Waals surface area contributed by atoms with Gasteiger partial charge in [-0.2, -0.15) is 13.2 Å². The molecule has 0 aromatic carbocycles. The van der Waals surface area contributed by atoms with Crippen LogP contribution in [-0.4, -0.2) is 31.1 Å². The normalized spacial score (nSPS) is 33.5. The number of hydrogen-bond donors (Lipinski definition) is 0. The van der Waals surface area contributed by atoms with E-state index in [2.05, 4.69) is 16.1 Å². The highest BCUT2D eigenvalue weighted by Gasteiger charge is 2.68. The molecule has 2 nitrogen and oxygen atoms in total. The molecule has 0 aromatic rings. The molecule has 0 bridgehead atoms. The predicted octanol–water partition coefficient (Wildman–Crippen LogP) is 2.69. The largest absolute Gasteiger partial charge is 0.420 e. The molecular weight excluding hydrogens is 209 g/mol. The molecule has 15 heavy (non-hydrogen) atoms. The average molecular weight is 224 g/mol. The van der Waals surface area contributed by atoms with Crippen LogP contribution in [0.5, 0.6) is 0 Å². The number of halogens is 3. The van der Waals surface area contributed by atoms with Gasteiger partial charge in [0.05, 0.1) is 13.2 Å². The molecule has 0 aromatic heterocycles. The molecule has 0 amide bonds. The minimum absolute atomic E-state index is 0.0428. The van der Waals surface area contributed by atoms with Gasteiger partial charge in [-0.3, -0.25) is 0 Å². The second-order valence-corrected chi connectivity index (χ2v) is 4.01. The van der Waals surface area contributed by atoms with E-state index in [-0.39, 0.29) is 19.6 Å². The molecule has 2 atom stereocenters. The Balaban J connectivity index is 0.000000245. The lowest BCUT2D eigenvalue weighted by Gasteiger charge is -2.41. The summed E-state index contributed by atoms with van der Waals surface area (Å²) in [6, 6.07) is 0. The Morgan fingerprint density at radius 2 is 1.80 bits per heavy atom. The Labute approximate surface area is 87.1 Å². The minimum Gasteiger partial charge on any atom is -0.370 e. The van der Waals surface area contributed by atoms with Crippen molar-refractivity contribution in [1.82, 2.24) is 0 Å². The third kappa shape index (κ3) is 2.72. The van der Waals surface area contributed by atoms with E-state index in [0.29, 0.717) is 0 Å². The van der Waals surface area contributed by atoms with Crippen molar-refractivity contribution in [2.45, 2.75) is 38.1 Å². The highest BCUT2D eigenvalue weighted by Crippen LogP contribution is 2.49. The Kier molecular flexibility index (Phi) is 3.45. The van der Waals surface area contributed by atoms with Gasteiger partial charge in [0.1, 0.15) is 6.10 Å². The van der Waals surface area contributed by atoms with E-state index in [0.717, 1.165) is 0 Å². The van der Waals surface area contributed by atoms with Crippen LogP contribution in [0.25, 0.3) is 0 Å². The lowest BCUT2D eigenvalue weighted by Crippen LogP contribution is -2.59.